The maximum Gasteiger partial charge on any atom is 0.245 e. The van der Waals surface area contributed by atoms with Crippen LogP contribution in [0.1, 0.15) is 18.4 Å². The molecule has 1 N–H and O–H groups in total. The second kappa shape index (κ2) is 5.05. The lowest BCUT2D eigenvalue weighted by atomic mass is 9.88. The zero-order valence-corrected chi connectivity index (χ0v) is 8.03. The van der Waals surface area contributed by atoms with Crippen LogP contribution < -0.4 is 0 Å². The van der Waals surface area contributed by atoms with Gasteiger partial charge in [0.25, 0.3) is 0 Å². The van der Waals surface area contributed by atoms with Crippen molar-refractivity contribution in [2.45, 2.75) is 19.3 Å². The molecule has 78 valence electrons. The first-order valence-corrected chi connectivity index (χ1v) is 4.60. The minimum atomic E-state index is -2.43. The lowest BCUT2D eigenvalue weighted by molar-refractivity contribution is 0.0703. The van der Waals surface area contributed by atoms with Crippen molar-refractivity contribution < 1.29 is 13.9 Å². The van der Waals surface area contributed by atoms with E-state index in [1.807, 2.05) is 0 Å². The van der Waals surface area contributed by atoms with Crippen molar-refractivity contribution in [2.75, 3.05) is 6.61 Å². The fraction of sp³-hybridized carbons (Fsp3) is 0.455. The molecule has 0 aliphatic carbocycles. The normalized spacial score (nSPS) is 15.5. The molecule has 0 aliphatic rings. The van der Waals surface area contributed by atoms with Crippen LogP contribution in [0.3, 0.4) is 0 Å². The quantitative estimate of drug-likeness (QED) is 0.792. The second-order valence-electron chi connectivity index (χ2n) is 3.43. The number of alkyl halides is 2. The van der Waals surface area contributed by atoms with Gasteiger partial charge in [-0.05, 0) is 11.5 Å². The predicted octanol–water partition coefficient (Wildman–Crippen LogP) is 2.66. The lowest BCUT2D eigenvalue weighted by Gasteiger charge is -2.21. The molecule has 14 heavy (non-hydrogen) atoms. The molecule has 0 spiro atoms. The van der Waals surface area contributed by atoms with Crippen LogP contribution in [-0.2, 0) is 0 Å². The zero-order valence-electron chi connectivity index (χ0n) is 8.03. The SMILES string of the molecule is CC(CO)C(c1ccccc1)C(F)F. The van der Waals surface area contributed by atoms with Crippen LogP contribution in [-0.4, -0.2) is 18.1 Å². The van der Waals surface area contributed by atoms with Crippen LogP contribution in [0, 0.1) is 5.92 Å². The van der Waals surface area contributed by atoms with Gasteiger partial charge in [-0.15, -0.1) is 0 Å². The fourth-order valence-corrected chi connectivity index (χ4v) is 1.51. The summed E-state index contributed by atoms with van der Waals surface area (Å²) in [4.78, 5) is 0. The summed E-state index contributed by atoms with van der Waals surface area (Å²) < 4.78 is 25.4. The molecule has 2 unspecified atom stereocenters. The van der Waals surface area contributed by atoms with E-state index in [0.29, 0.717) is 5.56 Å². The Morgan fingerprint density at radius 2 is 1.79 bits per heavy atom. The van der Waals surface area contributed by atoms with Crippen LogP contribution in [0.2, 0.25) is 0 Å². The first kappa shape index (κ1) is 11.1. The number of aliphatic hydroxyl groups is 1. The van der Waals surface area contributed by atoms with Gasteiger partial charge in [0.15, 0.2) is 0 Å². The molecule has 0 saturated heterocycles. The van der Waals surface area contributed by atoms with Crippen molar-refractivity contribution in [1.82, 2.24) is 0 Å². The summed E-state index contributed by atoms with van der Waals surface area (Å²) in [6.45, 7) is 1.41. The Balaban J connectivity index is 2.89. The first-order chi connectivity index (χ1) is 6.66. The molecule has 0 aliphatic heterocycles. The van der Waals surface area contributed by atoms with Gasteiger partial charge < -0.3 is 5.11 Å². The Labute approximate surface area is 82.4 Å². The van der Waals surface area contributed by atoms with E-state index >= 15 is 0 Å². The first-order valence-electron chi connectivity index (χ1n) is 4.60. The van der Waals surface area contributed by atoms with E-state index in [4.69, 9.17) is 5.11 Å². The van der Waals surface area contributed by atoms with E-state index in [2.05, 4.69) is 0 Å². The minimum Gasteiger partial charge on any atom is -0.396 e. The van der Waals surface area contributed by atoms with Crippen LogP contribution in [0.4, 0.5) is 8.78 Å². The van der Waals surface area contributed by atoms with E-state index < -0.39 is 18.3 Å². The number of benzene rings is 1. The van der Waals surface area contributed by atoms with Crippen LogP contribution in [0.25, 0.3) is 0 Å². The number of rotatable bonds is 4. The third-order valence-electron chi connectivity index (χ3n) is 2.36. The molecule has 0 heterocycles. The van der Waals surface area contributed by atoms with E-state index in [1.165, 1.54) is 0 Å². The monoisotopic (exact) mass is 200 g/mol. The Kier molecular flexibility index (Phi) is 4.01. The molecule has 0 amide bonds. The Hall–Kier alpha value is -0.960. The highest BCUT2D eigenvalue weighted by Crippen LogP contribution is 2.30. The smallest absolute Gasteiger partial charge is 0.245 e. The van der Waals surface area contributed by atoms with Crippen molar-refractivity contribution in [2.24, 2.45) is 5.92 Å². The highest BCUT2D eigenvalue weighted by Gasteiger charge is 2.27. The third-order valence-corrected chi connectivity index (χ3v) is 2.36. The predicted molar refractivity (Wildman–Crippen MR) is 51.4 cm³/mol. The summed E-state index contributed by atoms with van der Waals surface area (Å²) in [6.07, 6.45) is -2.43. The van der Waals surface area contributed by atoms with Crippen LogP contribution in [0.5, 0.6) is 0 Å². The van der Waals surface area contributed by atoms with Crippen molar-refractivity contribution in [3.63, 3.8) is 0 Å². The molecule has 0 radical (unpaired) electrons. The van der Waals surface area contributed by atoms with Gasteiger partial charge in [-0.3, -0.25) is 0 Å². The second-order valence-corrected chi connectivity index (χ2v) is 3.43. The molecule has 0 aromatic heterocycles. The molecule has 1 nitrogen and oxygen atoms in total. The Morgan fingerprint density at radius 3 is 2.21 bits per heavy atom. The van der Waals surface area contributed by atoms with Crippen LogP contribution in [0.15, 0.2) is 30.3 Å². The van der Waals surface area contributed by atoms with Crippen molar-refractivity contribution in [3.8, 4) is 0 Å². The maximum atomic E-state index is 12.7. The number of hydrogen-bond donors (Lipinski definition) is 1. The molecular weight excluding hydrogens is 186 g/mol. The highest BCUT2D eigenvalue weighted by atomic mass is 19.3. The molecule has 0 saturated carbocycles. The van der Waals surface area contributed by atoms with E-state index in [-0.39, 0.29) is 6.61 Å². The summed E-state index contributed by atoms with van der Waals surface area (Å²) in [5.74, 6) is -1.29. The van der Waals surface area contributed by atoms with Gasteiger partial charge >= 0.3 is 0 Å². The van der Waals surface area contributed by atoms with E-state index in [9.17, 15) is 8.78 Å². The van der Waals surface area contributed by atoms with Gasteiger partial charge in [0, 0.05) is 12.5 Å². The topological polar surface area (TPSA) is 20.2 Å². The maximum absolute atomic E-state index is 12.7. The zero-order chi connectivity index (χ0) is 10.6. The Morgan fingerprint density at radius 1 is 1.21 bits per heavy atom. The molecule has 2 atom stereocenters. The molecule has 1 rings (SSSR count). The summed E-state index contributed by atoms with van der Waals surface area (Å²) in [5, 5.41) is 8.88. The average molecular weight is 200 g/mol. The molecule has 1 aromatic rings. The van der Waals surface area contributed by atoms with Gasteiger partial charge in [0.1, 0.15) is 0 Å². The van der Waals surface area contributed by atoms with Crippen molar-refractivity contribution >= 4 is 0 Å². The molecule has 3 heteroatoms. The van der Waals surface area contributed by atoms with Gasteiger partial charge in [-0.2, -0.15) is 0 Å². The number of aliphatic hydroxyl groups excluding tert-OH is 1. The van der Waals surface area contributed by atoms with Crippen molar-refractivity contribution in [1.29, 1.82) is 0 Å². The number of hydrogen-bond acceptors (Lipinski definition) is 1. The molecular formula is C11H14F2O. The highest BCUT2D eigenvalue weighted by molar-refractivity contribution is 5.20. The van der Waals surface area contributed by atoms with Gasteiger partial charge in [0.2, 0.25) is 6.43 Å². The number of halogens is 2. The van der Waals surface area contributed by atoms with Gasteiger partial charge in [-0.25, -0.2) is 8.78 Å². The minimum absolute atomic E-state index is 0.218. The van der Waals surface area contributed by atoms with Crippen molar-refractivity contribution in [3.05, 3.63) is 35.9 Å². The lowest BCUT2D eigenvalue weighted by Crippen LogP contribution is -2.20. The summed E-state index contributed by atoms with van der Waals surface area (Å²) >= 11 is 0. The largest absolute Gasteiger partial charge is 0.396 e. The van der Waals surface area contributed by atoms with Gasteiger partial charge in [0.05, 0.1) is 0 Å². The molecule has 1 aromatic carbocycles. The van der Waals surface area contributed by atoms with E-state index in [1.54, 1.807) is 37.3 Å². The molecule has 0 fully saturated rings. The fourth-order valence-electron chi connectivity index (χ4n) is 1.51. The Bertz CT molecular complexity index is 261. The standard InChI is InChI=1S/C11H14F2O/c1-8(7-14)10(11(12)13)9-5-3-2-4-6-9/h2-6,8,10-11,14H,7H2,1H3. The third kappa shape index (κ3) is 2.51. The van der Waals surface area contributed by atoms with E-state index in [0.717, 1.165) is 0 Å². The van der Waals surface area contributed by atoms with Crippen LogP contribution >= 0.6 is 0 Å². The summed E-state index contributed by atoms with van der Waals surface area (Å²) in [5.41, 5.74) is 0.587. The molecule has 0 bridgehead atoms. The summed E-state index contributed by atoms with van der Waals surface area (Å²) in [7, 11) is 0. The van der Waals surface area contributed by atoms with Gasteiger partial charge in [-0.1, -0.05) is 37.3 Å². The summed E-state index contributed by atoms with van der Waals surface area (Å²) in [6, 6.07) is 8.59. The average Bonchev–Trinajstić information content (AvgIpc) is 2.19.